The van der Waals surface area contributed by atoms with E-state index in [1.165, 1.54) is 24.9 Å². The molecule has 2 rings (SSSR count). The van der Waals surface area contributed by atoms with Gasteiger partial charge in [0.2, 0.25) is 0 Å². The molecule has 0 bridgehead atoms. The average molecular weight is 219 g/mol. The fraction of sp³-hybridized carbons (Fsp3) is 0.615. The highest BCUT2D eigenvalue weighted by molar-refractivity contribution is 5.43. The highest BCUT2D eigenvalue weighted by Gasteiger charge is 2.13. The zero-order chi connectivity index (χ0) is 11.2. The van der Waals surface area contributed by atoms with E-state index in [1.807, 2.05) is 18.5 Å². The van der Waals surface area contributed by atoms with Gasteiger partial charge in [0.25, 0.3) is 0 Å². The summed E-state index contributed by atoms with van der Waals surface area (Å²) in [5.41, 5.74) is 1.26. The molecule has 1 unspecified atom stereocenters. The number of nitrogens with one attached hydrogen (secondary N) is 1. The molecule has 1 atom stereocenters. The molecular weight excluding hydrogens is 198 g/mol. The Kier molecular flexibility index (Phi) is 4.17. The summed E-state index contributed by atoms with van der Waals surface area (Å²) in [7, 11) is 0. The second-order valence-corrected chi connectivity index (χ2v) is 4.40. The number of hydrogen-bond donors (Lipinski definition) is 1. The number of nitrogens with zero attached hydrogens (tertiary/aromatic N) is 2. The van der Waals surface area contributed by atoms with Crippen molar-refractivity contribution in [2.24, 2.45) is 0 Å². The molecule has 3 nitrogen and oxygen atoms in total. The van der Waals surface area contributed by atoms with Crippen molar-refractivity contribution in [2.75, 3.05) is 24.5 Å². The summed E-state index contributed by atoms with van der Waals surface area (Å²) in [6.45, 7) is 5.66. The fourth-order valence-corrected chi connectivity index (χ4v) is 2.25. The van der Waals surface area contributed by atoms with E-state index < -0.39 is 0 Å². The summed E-state index contributed by atoms with van der Waals surface area (Å²) in [6.07, 6.45) is 7.47. The predicted octanol–water partition coefficient (Wildman–Crippen LogP) is 2.05. The summed E-state index contributed by atoms with van der Waals surface area (Å²) in [4.78, 5) is 6.65. The molecule has 1 fully saturated rings. The maximum absolute atomic E-state index is 4.20. The van der Waals surface area contributed by atoms with Crippen LogP contribution >= 0.6 is 0 Å². The number of aromatic nitrogens is 1. The number of rotatable bonds is 2. The molecule has 88 valence electrons. The third-order valence-corrected chi connectivity index (χ3v) is 3.29. The van der Waals surface area contributed by atoms with Crippen LogP contribution in [0.3, 0.4) is 0 Å². The Morgan fingerprint density at radius 1 is 1.50 bits per heavy atom. The second-order valence-electron chi connectivity index (χ2n) is 4.40. The summed E-state index contributed by atoms with van der Waals surface area (Å²) in [5, 5.41) is 3.60. The molecule has 1 aromatic rings. The quantitative estimate of drug-likeness (QED) is 0.825. The topological polar surface area (TPSA) is 28.2 Å². The summed E-state index contributed by atoms with van der Waals surface area (Å²) >= 11 is 0. The van der Waals surface area contributed by atoms with Crippen LogP contribution in [0.1, 0.15) is 26.2 Å². The lowest BCUT2D eigenvalue weighted by atomic mass is 10.1. The van der Waals surface area contributed by atoms with Gasteiger partial charge in [-0.2, -0.15) is 0 Å². The molecule has 0 aromatic carbocycles. The fourth-order valence-electron chi connectivity index (χ4n) is 2.25. The standard InChI is InChI=1S/C13H21N3/c1-2-12-6-10-16(9-4-8-15-12)13-5-3-7-14-11-13/h3,5,7,11-12,15H,2,4,6,8-10H2,1H3. The molecular formula is C13H21N3. The Balaban J connectivity index is 1.99. The lowest BCUT2D eigenvalue weighted by Gasteiger charge is -2.30. The van der Waals surface area contributed by atoms with Gasteiger partial charge in [0, 0.05) is 25.3 Å². The molecule has 1 aromatic heterocycles. The van der Waals surface area contributed by atoms with Gasteiger partial charge in [-0.05, 0) is 37.9 Å². The molecule has 0 radical (unpaired) electrons. The van der Waals surface area contributed by atoms with E-state index in [1.54, 1.807) is 0 Å². The van der Waals surface area contributed by atoms with Crippen LogP contribution in [0.15, 0.2) is 24.5 Å². The van der Waals surface area contributed by atoms with Crippen molar-refractivity contribution in [3.05, 3.63) is 24.5 Å². The van der Waals surface area contributed by atoms with E-state index in [9.17, 15) is 0 Å². The SMILES string of the molecule is CCC1CCN(c2cccnc2)CCCN1. The minimum absolute atomic E-state index is 0.680. The largest absolute Gasteiger partial charge is 0.370 e. The van der Waals surface area contributed by atoms with Gasteiger partial charge < -0.3 is 10.2 Å². The first-order valence-corrected chi connectivity index (χ1v) is 6.28. The lowest BCUT2D eigenvalue weighted by Crippen LogP contribution is -2.39. The van der Waals surface area contributed by atoms with Crippen molar-refractivity contribution in [1.82, 2.24) is 10.3 Å². The van der Waals surface area contributed by atoms with Gasteiger partial charge in [-0.25, -0.2) is 0 Å². The molecule has 0 aliphatic carbocycles. The van der Waals surface area contributed by atoms with Crippen LogP contribution in [-0.4, -0.2) is 30.7 Å². The van der Waals surface area contributed by atoms with Crippen molar-refractivity contribution < 1.29 is 0 Å². The van der Waals surface area contributed by atoms with Crippen LogP contribution in [0.4, 0.5) is 5.69 Å². The molecule has 1 saturated heterocycles. The van der Waals surface area contributed by atoms with E-state index >= 15 is 0 Å². The van der Waals surface area contributed by atoms with E-state index in [0.29, 0.717) is 6.04 Å². The van der Waals surface area contributed by atoms with Gasteiger partial charge in [-0.15, -0.1) is 0 Å². The number of pyridine rings is 1. The first-order chi connectivity index (χ1) is 7.90. The average Bonchev–Trinajstić information content (AvgIpc) is 2.30. The highest BCUT2D eigenvalue weighted by Crippen LogP contribution is 2.15. The van der Waals surface area contributed by atoms with Crippen LogP contribution in [0.2, 0.25) is 0 Å². The molecule has 0 amide bonds. The molecule has 16 heavy (non-hydrogen) atoms. The van der Waals surface area contributed by atoms with Crippen LogP contribution in [0.25, 0.3) is 0 Å². The normalized spacial score (nSPS) is 22.6. The Morgan fingerprint density at radius 2 is 2.44 bits per heavy atom. The van der Waals surface area contributed by atoms with Crippen LogP contribution in [0, 0.1) is 0 Å². The predicted molar refractivity (Wildman–Crippen MR) is 67.8 cm³/mol. The minimum atomic E-state index is 0.680. The summed E-state index contributed by atoms with van der Waals surface area (Å²) in [5.74, 6) is 0. The van der Waals surface area contributed by atoms with E-state index in [0.717, 1.165) is 19.6 Å². The van der Waals surface area contributed by atoms with Gasteiger partial charge in [0.05, 0.1) is 11.9 Å². The Morgan fingerprint density at radius 3 is 3.19 bits per heavy atom. The van der Waals surface area contributed by atoms with Crippen LogP contribution in [0.5, 0.6) is 0 Å². The molecule has 1 aliphatic rings. The molecule has 0 saturated carbocycles. The van der Waals surface area contributed by atoms with Crippen molar-refractivity contribution in [2.45, 2.75) is 32.2 Å². The zero-order valence-electron chi connectivity index (χ0n) is 10.0. The van der Waals surface area contributed by atoms with Gasteiger partial charge in [-0.3, -0.25) is 4.98 Å². The Labute approximate surface area is 97.9 Å². The lowest BCUT2D eigenvalue weighted by molar-refractivity contribution is 0.439. The first kappa shape index (κ1) is 11.4. The minimum Gasteiger partial charge on any atom is -0.370 e. The maximum Gasteiger partial charge on any atom is 0.0552 e. The summed E-state index contributed by atoms with van der Waals surface area (Å²) < 4.78 is 0. The molecule has 1 N–H and O–H groups in total. The number of anilines is 1. The smallest absolute Gasteiger partial charge is 0.0552 e. The molecule has 2 heterocycles. The molecule has 0 spiro atoms. The van der Waals surface area contributed by atoms with Gasteiger partial charge in [-0.1, -0.05) is 6.92 Å². The second kappa shape index (κ2) is 5.85. The van der Waals surface area contributed by atoms with Crippen molar-refractivity contribution in [3.63, 3.8) is 0 Å². The van der Waals surface area contributed by atoms with Gasteiger partial charge in [0.15, 0.2) is 0 Å². The van der Waals surface area contributed by atoms with E-state index in [2.05, 4.69) is 28.2 Å². The van der Waals surface area contributed by atoms with Crippen LogP contribution in [-0.2, 0) is 0 Å². The van der Waals surface area contributed by atoms with Crippen molar-refractivity contribution in [1.29, 1.82) is 0 Å². The van der Waals surface area contributed by atoms with Crippen molar-refractivity contribution in [3.8, 4) is 0 Å². The third kappa shape index (κ3) is 2.95. The first-order valence-electron chi connectivity index (χ1n) is 6.28. The van der Waals surface area contributed by atoms with E-state index in [-0.39, 0.29) is 0 Å². The van der Waals surface area contributed by atoms with E-state index in [4.69, 9.17) is 0 Å². The molecule has 1 aliphatic heterocycles. The van der Waals surface area contributed by atoms with Gasteiger partial charge >= 0.3 is 0 Å². The Hall–Kier alpha value is -1.09. The van der Waals surface area contributed by atoms with Crippen LogP contribution < -0.4 is 10.2 Å². The Bertz CT molecular complexity index is 299. The monoisotopic (exact) mass is 219 g/mol. The molecule has 3 heteroatoms. The number of hydrogen-bond acceptors (Lipinski definition) is 3. The highest BCUT2D eigenvalue weighted by atomic mass is 15.1. The third-order valence-electron chi connectivity index (χ3n) is 3.29. The maximum atomic E-state index is 4.20. The van der Waals surface area contributed by atoms with Gasteiger partial charge in [0.1, 0.15) is 0 Å². The summed E-state index contributed by atoms with van der Waals surface area (Å²) in [6, 6.07) is 4.85. The van der Waals surface area contributed by atoms with Crippen molar-refractivity contribution >= 4 is 5.69 Å². The zero-order valence-corrected chi connectivity index (χ0v) is 10.0.